The lowest BCUT2D eigenvalue weighted by molar-refractivity contribution is -0.168. The zero-order valence-corrected chi connectivity index (χ0v) is 16.5. The van der Waals surface area contributed by atoms with Crippen LogP contribution in [0.2, 0.25) is 0 Å². The molecule has 0 unspecified atom stereocenters. The molecule has 0 radical (unpaired) electrons. The van der Waals surface area contributed by atoms with E-state index in [9.17, 15) is 14.4 Å². The van der Waals surface area contributed by atoms with Crippen LogP contribution in [-0.2, 0) is 26.3 Å². The molecule has 4 rings (SSSR count). The van der Waals surface area contributed by atoms with Gasteiger partial charge in [0, 0.05) is 17.4 Å². The first-order valence-corrected chi connectivity index (χ1v) is 9.33. The molecular formula is C20H24N4O4. The third-order valence-corrected chi connectivity index (χ3v) is 5.31. The van der Waals surface area contributed by atoms with Crippen molar-refractivity contribution in [2.24, 2.45) is 0 Å². The quantitative estimate of drug-likeness (QED) is 0.787. The number of aromatic amines is 1. The van der Waals surface area contributed by atoms with Gasteiger partial charge in [0.25, 0.3) is 5.91 Å². The number of benzene rings is 1. The molecule has 8 nitrogen and oxygen atoms in total. The molecule has 2 aromatic rings. The van der Waals surface area contributed by atoms with Gasteiger partial charge in [0.05, 0.1) is 5.69 Å². The Labute approximate surface area is 162 Å². The molecule has 8 heteroatoms. The van der Waals surface area contributed by atoms with Crippen LogP contribution in [0.4, 0.5) is 4.79 Å². The van der Waals surface area contributed by atoms with Crippen molar-refractivity contribution in [3.05, 3.63) is 35.5 Å². The summed E-state index contributed by atoms with van der Waals surface area (Å²) in [5, 5.41) is 2.11. The minimum atomic E-state index is -1.21. The number of nitrogens with one attached hydrogen (secondary N) is 2. The molecule has 3 amide bonds. The van der Waals surface area contributed by atoms with Gasteiger partial charge in [0.1, 0.15) is 12.1 Å². The largest absolute Gasteiger partial charge is 0.443 e. The van der Waals surface area contributed by atoms with Gasteiger partial charge in [-0.05, 0) is 45.7 Å². The summed E-state index contributed by atoms with van der Waals surface area (Å²) in [6.45, 7) is 7.16. The zero-order valence-electron chi connectivity index (χ0n) is 16.5. The van der Waals surface area contributed by atoms with Gasteiger partial charge >= 0.3 is 6.09 Å². The number of piperazine rings is 1. The Hall–Kier alpha value is -3.03. The highest BCUT2D eigenvalue weighted by Crippen LogP contribution is 2.41. The monoisotopic (exact) mass is 384 g/mol. The van der Waals surface area contributed by atoms with Crippen LogP contribution in [0.15, 0.2) is 24.3 Å². The molecule has 0 spiro atoms. The number of H-pyrrole nitrogens is 1. The second kappa shape index (κ2) is 5.98. The number of hydrazine groups is 1. The molecule has 2 aliphatic heterocycles. The molecule has 0 aliphatic carbocycles. The number of amides is 3. The van der Waals surface area contributed by atoms with E-state index in [1.54, 1.807) is 32.6 Å². The number of fused-ring (bicyclic) bond motifs is 5. The highest BCUT2D eigenvalue weighted by atomic mass is 16.6. The Kier molecular flexibility index (Phi) is 3.92. The lowest BCUT2D eigenvalue weighted by Gasteiger charge is -2.49. The molecule has 2 N–H and O–H groups in total. The fourth-order valence-corrected chi connectivity index (χ4v) is 4.11. The van der Waals surface area contributed by atoms with E-state index in [2.05, 4.69) is 10.4 Å². The van der Waals surface area contributed by atoms with Crippen molar-refractivity contribution < 1.29 is 19.1 Å². The molecule has 1 atom stereocenters. The van der Waals surface area contributed by atoms with Crippen LogP contribution >= 0.6 is 0 Å². The summed E-state index contributed by atoms with van der Waals surface area (Å²) < 4.78 is 5.23. The van der Waals surface area contributed by atoms with Crippen molar-refractivity contribution >= 4 is 28.8 Å². The SMILES string of the molecule is CC(C)(C)OC(=O)NN1CC(=O)N2CCc3c([nH]c4ccccc34)[C@]2(C)C1=O. The van der Waals surface area contributed by atoms with Gasteiger partial charge in [-0.3, -0.25) is 9.59 Å². The van der Waals surface area contributed by atoms with Crippen molar-refractivity contribution in [2.75, 3.05) is 13.1 Å². The highest BCUT2D eigenvalue weighted by Gasteiger charge is 2.54. The van der Waals surface area contributed by atoms with Crippen LogP contribution in [0.5, 0.6) is 0 Å². The molecule has 1 fully saturated rings. The molecule has 28 heavy (non-hydrogen) atoms. The van der Waals surface area contributed by atoms with E-state index in [0.717, 1.165) is 21.5 Å². The fourth-order valence-electron chi connectivity index (χ4n) is 4.11. The van der Waals surface area contributed by atoms with Crippen molar-refractivity contribution in [1.82, 2.24) is 20.3 Å². The summed E-state index contributed by atoms with van der Waals surface area (Å²) in [4.78, 5) is 43.3. The second-order valence-corrected chi connectivity index (χ2v) is 8.40. The first-order chi connectivity index (χ1) is 13.1. The van der Waals surface area contributed by atoms with Crippen molar-refractivity contribution in [2.45, 2.75) is 45.3 Å². The van der Waals surface area contributed by atoms with Crippen LogP contribution in [0.1, 0.15) is 39.0 Å². The summed E-state index contributed by atoms with van der Waals surface area (Å²) in [6.07, 6.45) is -0.0913. The number of rotatable bonds is 1. The van der Waals surface area contributed by atoms with E-state index in [1.165, 1.54) is 0 Å². The van der Waals surface area contributed by atoms with Crippen molar-refractivity contribution in [3.63, 3.8) is 0 Å². The Balaban J connectivity index is 1.72. The van der Waals surface area contributed by atoms with Crippen LogP contribution in [0.25, 0.3) is 10.9 Å². The molecular weight excluding hydrogens is 360 g/mol. The predicted molar refractivity (Wildman–Crippen MR) is 102 cm³/mol. The number of hydrogen-bond donors (Lipinski definition) is 2. The van der Waals surface area contributed by atoms with Gasteiger partial charge < -0.3 is 14.6 Å². The van der Waals surface area contributed by atoms with Crippen LogP contribution in [0, 0.1) is 0 Å². The van der Waals surface area contributed by atoms with Crippen molar-refractivity contribution in [3.8, 4) is 0 Å². The standard InChI is InChI=1S/C20H24N4O4/c1-19(2,3)28-18(27)22-24-11-15(25)23-10-9-13-12-7-5-6-8-14(12)21-16(13)20(23,4)17(24)26/h5-8,21H,9-11H2,1-4H3,(H,22,27)/t20-/m1/s1. The smallest absolute Gasteiger partial charge is 0.426 e. The molecule has 2 aliphatic rings. The zero-order chi connectivity index (χ0) is 20.3. The number of para-hydroxylation sites is 1. The molecule has 0 bridgehead atoms. The van der Waals surface area contributed by atoms with Crippen LogP contribution in [-0.4, -0.2) is 51.5 Å². The third-order valence-electron chi connectivity index (χ3n) is 5.31. The molecule has 0 saturated carbocycles. The Morgan fingerprint density at radius 3 is 2.68 bits per heavy atom. The normalized spacial score (nSPS) is 22.1. The minimum Gasteiger partial charge on any atom is -0.443 e. The van der Waals surface area contributed by atoms with Crippen molar-refractivity contribution in [1.29, 1.82) is 0 Å². The minimum absolute atomic E-state index is 0.219. The first kappa shape index (κ1) is 18.3. The van der Waals surface area contributed by atoms with Gasteiger partial charge in [-0.15, -0.1) is 0 Å². The van der Waals surface area contributed by atoms with E-state index in [1.807, 2.05) is 24.3 Å². The van der Waals surface area contributed by atoms with E-state index >= 15 is 0 Å². The molecule has 1 aromatic carbocycles. The number of hydrogen-bond acceptors (Lipinski definition) is 4. The number of carbonyl (C=O) groups is 3. The lowest BCUT2D eigenvalue weighted by Crippen LogP contribution is -2.69. The van der Waals surface area contributed by atoms with Crippen LogP contribution < -0.4 is 5.43 Å². The summed E-state index contributed by atoms with van der Waals surface area (Å²) in [7, 11) is 0. The maximum atomic E-state index is 13.4. The van der Waals surface area contributed by atoms with E-state index in [0.29, 0.717) is 18.7 Å². The van der Waals surface area contributed by atoms with Gasteiger partial charge in [0.15, 0.2) is 5.54 Å². The predicted octanol–water partition coefficient (Wildman–Crippen LogP) is 2.05. The first-order valence-electron chi connectivity index (χ1n) is 9.33. The summed E-state index contributed by atoms with van der Waals surface area (Å²) in [5.41, 5.74) is 3.18. The number of nitrogens with zero attached hydrogens (tertiary/aromatic N) is 2. The van der Waals surface area contributed by atoms with Gasteiger partial charge in [-0.25, -0.2) is 15.2 Å². The summed E-state index contributed by atoms with van der Waals surface area (Å²) >= 11 is 0. The molecule has 3 heterocycles. The number of carbonyl (C=O) groups excluding carboxylic acids is 3. The second-order valence-electron chi connectivity index (χ2n) is 8.40. The van der Waals surface area contributed by atoms with Gasteiger partial charge in [-0.1, -0.05) is 18.2 Å². The van der Waals surface area contributed by atoms with E-state index in [-0.39, 0.29) is 18.4 Å². The molecule has 1 aromatic heterocycles. The average Bonchev–Trinajstić information content (AvgIpc) is 2.98. The van der Waals surface area contributed by atoms with Gasteiger partial charge in [-0.2, -0.15) is 0 Å². The van der Waals surface area contributed by atoms with E-state index < -0.39 is 17.2 Å². The maximum Gasteiger partial charge on any atom is 0.426 e. The number of aromatic nitrogens is 1. The lowest BCUT2D eigenvalue weighted by atomic mass is 9.83. The van der Waals surface area contributed by atoms with Gasteiger partial charge in [0.2, 0.25) is 5.91 Å². The summed E-state index contributed by atoms with van der Waals surface area (Å²) in [5.74, 6) is -0.590. The Morgan fingerprint density at radius 1 is 1.25 bits per heavy atom. The summed E-state index contributed by atoms with van der Waals surface area (Å²) in [6, 6.07) is 7.84. The Morgan fingerprint density at radius 2 is 1.96 bits per heavy atom. The Bertz CT molecular complexity index is 990. The maximum absolute atomic E-state index is 13.4. The number of ether oxygens (including phenoxy) is 1. The molecule has 1 saturated heterocycles. The topological polar surface area (TPSA) is 94.7 Å². The fraction of sp³-hybridized carbons (Fsp3) is 0.450. The molecule has 148 valence electrons. The highest BCUT2D eigenvalue weighted by molar-refractivity contribution is 6.01. The van der Waals surface area contributed by atoms with Crippen LogP contribution in [0.3, 0.4) is 0 Å². The third kappa shape index (κ3) is 2.71. The average molecular weight is 384 g/mol. The van der Waals surface area contributed by atoms with E-state index in [4.69, 9.17) is 4.74 Å².